The average Bonchev–Trinajstić information content (AvgIpc) is 2.71. The number of methoxy groups -OCH3 is 1. The van der Waals surface area contributed by atoms with Gasteiger partial charge in [-0.2, -0.15) is 0 Å². The summed E-state index contributed by atoms with van der Waals surface area (Å²) in [5, 5.41) is 3.95. The summed E-state index contributed by atoms with van der Waals surface area (Å²) < 4.78 is 9.95. The van der Waals surface area contributed by atoms with E-state index in [0.717, 1.165) is 11.3 Å². The van der Waals surface area contributed by atoms with Gasteiger partial charge in [0.2, 0.25) is 5.22 Å². The molecule has 0 aliphatic rings. The molecule has 1 aromatic heterocycles. The van der Waals surface area contributed by atoms with Gasteiger partial charge in [0.1, 0.15) is 16.3 Å². The summed E-state index contributed by atoms with van der Waals surface area (Å²) in [5.74, 6) is 0.748. The molecule has 2 aromatic rings. The zero-order valence-electron chi connectivity index (χ0n) is 8.78. The van der Waals surface area contributed by atoms with Crippen LogP contribution in [0.1, 0.15) is 10.4 Å². The Bertz CT molecular complexity index is 508. The zero-order valence-corrected chi connectivity index (χ0v) is 11.1. The lowest BCUT2D eigenvalue weighted by atomic mass is 10.1. The van der Waals surface area contributed by atoms with Crippen LogP contribution in [0.4, 0.5) is 0 Å². The predicted octanol–water partition coefficient (Wildman–Crippen LogP) is 4.48. The van der Waals surface area contributed by atoms with Crippen molar-refractivity contribution in [3.05, 3.63) is 35.0 Å². The molecule has 0 radical (unpaired) electrons. The first-order chi connectivity index (χ1) is 8.13. The van der Waals surface area contributed by atoms with E-state index in [9.17, 15) is 0 Å². The van der Waals surface area contributed by atoms with Crippen LogP contribution in [0.3, 0.4) is 0 Å². The van der Waals surface area contributed by atoms with Crippen LogP contribution in [-0.4, -0.2) is 12.3 Å². The molecule has 0 saturated carbocycles. The maximum atomic E-state index is 5.83. The maximum Gasteiger partial charge on any atom is 0.232 e. The summed E-state index contributed by atoms with van der Waals surface area (Å²) in [4.78, 5) is -0.786. The van der Waals surface area contributed by atoms with Crippen LogP contribution in [0.5, 0.6) is 5.75 Å². The fourth-order valence-electron chi connectivity index (χ4n) is 1.42. The van der Waals surface area contributed by atoms with E-state index in [2.05, 4.69) is 5.16 Å². The normalized spacial score (nSPS) is 10.9. The summed E-state index contributed by atoms with van der Waals surface area (Å²) in [7, 11) is 1.60. The standard InChI is InChI=1S/C11H8Cl3NO2/c1-16-7-4-2-6(3-5-7)9-8(10(12)13)11(14)17-15-9/h2-5,10H,1H3. The number of ether oxygens (including phenoxy) is 1. The molecule has 0 fully saturated rings. The molecule has 90 valence electrons. The number of hydrogen-bond donors (Lipinski definition) is 0. The van der Waals surface area contributed by atoms with Crippen LogP contribution < -0.4 is 4.74 Å². The summed E-state index contributed by atoms with van der Waals surface area (Å²) in [6.07, 6.45) is 0. The lowest BCUT2D eigenvalue weighted by Gasteiger charge is -2.03. The quantitative estimate of drug-likeness (QED) is 0.782. The van der Waals surface area contributed by atoms with E-state index < -0.39 is 4.84 Å². The Kier molecular flexibility index (Phi) is 3.82. The van der Waals surface area contributed by atoms with Crippen LogP contribution in [0.25, 0.3) is 11.3 Å². The van der Waals surface area contributed by atoms with E-state index >= 15 is 0 Å². The number of rotatable bonds is 3. The summed E-state index contributed by atoms with van der Waals surface area (Å²) in [6, 6.07) is 7.26. The molecule has 17 heavy (non-hydrogen) atoms. The molecular weight excluding hydrogens is 284 g/mol. The third kappa shape index (κ3) is 2.51. The minimum absolute atomic E-state index is 0.103. The Morgan fingerprint density at radius 3 is 2.41 bits per heavy atom. The van der Waals surface area contributed by atoms with Gasteiger partial charge in [-0.25, -0.2) is 0 Å². The van der Waals surface area contributed by atoms with Crippen LogP contribution >= 0.6 is 34.8 Å². The molecule has 0 N–H and O–H groups in total. The van der Waals surface area contributed by atoms with E-state index in [-0.39, 0.29) is 5.22 Å². The van der Waals surface area contributed by atoms with Crippen molar-refractivity contribution in [2.24, 2.45) is 0 Å². The van der Waals surface area contributed by atoms with Crippen molar-refractivity contribution in [2.45, 2.75) is 4.84 Å². The van der Waals surface area contributed by atoms with Gasteiger partial charge >= 0.3 is 0 Å². The van der Waals surface area contributed by atoms with Crippen LogP contribution in [0, 0.1) is 0 Å². The van der Waals surface area contributed by atoms with Crippen molar-refractivity contribution >= 4 is 34.8 Å². The number of nitrogens with zero attached hydrogens (tertiary/aromatic N) is 1. The summed E-state index contributed by atoms with van der Waals surface area (Å²) >= 11 is 17.5. The average molecular weight is 293 g/mol. The molecule has 0 saturated heterocycles. The number of alkyl halides is 2. The van der Waals surface area contributed by atoms with Gasteiger partial charge in [0.15, 0.2) is 0 Å². The van der Waals surface area contributed by atoms with Gasteiger partial charge in [-0.3, -0.25) is 0 Å². The monoisotopic (exact) mass is 291 g/mol. The largest absolute Gasteiger partial charge is 0.497 e. The Morgan fingerprint density at radius 1 is 1.24 bits per heavy atom. The first-order valence-electron chi connectivity index (χ1n) is 4.71. The SMILES string of the molecule is COc1ccc(-c2noc(Cl)c2C(Cl)Cl)cc1. The number of halogens is 3. The van der Waals surface area contributed by atoms with E-state index in [1.165, 1.54) is 0 Å². The van der Waals surface area contributed by atoms with Crippen LogP contribution in [-0.2, 0) is 0 Å². The summed E-state index contributed by atoms with van der Waals surface area (Å²) in [6.45, 7) is 0. The van der Waals surface area contributed by atoms with Gasteiger partial charge in [0, 0.05) is 5.56 Å². The number of hydrogen-bond acceptors (Lipinski definition) is 3. The molecule has 0 aliphatic carbocycles. The highest BCUT2D eigenvalue weighted by Gasteiger charge is 2.21. The van der Waals surface area contributed by atoms with Gasteiger partial charge in [-0.15, -0.1) is 0 Å². The second kappa shape index (κ2) is 5.17. The molecule has 1 aromatic carbocycles. The van der Waals surface area contributed by atoms with Gasteiger partial charge in [-0.05, 0) is 35.9 Å². The molecule has 2 rings (SSSR count). The minimum atomic E-state index is -0.786. The van der Waals surface area contributed by atoms with Crippen molar-refractivity contribution < 1.29 is 9.26 Å². The molecule has 0 aliphatic heterocycles. The third-order valence-corrected chi connectivity index (χ3v) is 2.97. The minimum Gasteiger partial charge on any atom is -0.497 e. The number of aromatic nitrogens is 1. The van der Waals surface area contributed by atoms with E-state index in [1.54, 1.807) is 19.2 Å². The van der Waals surface area contributed by atoms with E-state index in [1.807, 2.05) is 12.1 Å². The number of benzene rings is 1. The molecule has 1 heterocycles. The first-order valence-corrected chi connectivity index (χ1v) is 5.96. The third-order valence-electron chi connectivity index (χ3n) is 2.27. The van der Waals surface area contributed by atoms with Crippen molar-refractivity contribution in [3.8, 4) is 17.0 Å². The van der Waals surface area contributed by atoms with Crippen molar-refractivity contribution in [1.29, 1.82) is 0 Å². The second-order valence-electron chi connectivity index (χ2n) is 3.25. The lowest BCUT2D eigenvalue weighted by molar-refractivity contribution is 0.414. The van der Waals surface area contributed by atoms with Gasteiger partial charge in [0.25, 0.3) is 0 Å². The van der Waals surface area contributed by atoms with Crippen molar-refractivity contribution in [1.82, 2.24) is 5.16 Å². The maximum absolute atomic E-state index is 5.83. The van der Waals surface area contributed by atoms with Gasteiger partial charge in [-0.1, -0.05) is 28.4 Å². The lowest BCUT2D eigenvalue weighted by Crippen LogP contribution is -1.87. The Hall–Kier alpha value is -0.900. The van der Waals surface area contributed by atoms with Crippen molar-refractivity contribution in [2.75, 3.05) is 7.11 Å². The molecule has 0 spiro atoms. The molecule has 0 atom stereocenters. The summed E-state index contributed by atoms with van der Waals surface area (Å²) in [5.41, 5.74) is 1.82. The highest BCUT2D eigenvalue weighted by atomic mass is 35.5. The van der Waals surface area contributed by atoms with Crippen molar-refractivity contribution in [3.63, 3.8) is 0 Å². The molecule has 0 unspecified atom stereocenters. The topological polar surface area (TPSA) is 35.3 Å². The Balaban J connectivity index is 2.45. The Morgan fingerprint density at radius 2 is 1.88 bits per heavy atom. The highest BCUT2D eigenvalue weighted by molar-refractivity contribution is 6.45. The fourth-order valence-corrected chi connectivity index (χ4v) is 2.17. The smallest absolute Gasteiger partial charge is 0.232 e. The first kappa shape index (κ1) is 12.6. The van der Waals surface area contributed by atoms with Gasteiger partial charge in [0.05, 0.1) is 12.7 Å². The molecule has 0 bridgehead atoms. The highest BCUT2D eigenvalue weighted by Crippen LogP contribution is 2.38. The van der Waals surface area contributed by atoms with E-state index in [0.29, 0.717) is 11.3 Å². The van der Waals surface area contributed by atoms with Crippen LogP contribution in [0.15, 0.2) is 28.8 Å². The predicted molar refractivity (Wildman–Crippen MR) is 67.9 cm³/mol. The zero-order chi connectivity index (χ0) is 12.4. The molecule has 3 nitrogen and oxygen atoms in total. The Labute approximate surface area is 113 Å². The van der Waals surface area contributed by atoms with Gasteiger partial charge < -0.3 is 9.26 Å². The molecule has 6 heteroatoms. The van der Waals surface area contributed by atoms with E-state index in [4.69, 9.17) is 44.1 Å². The second-order valence-corrected chi connectivity index (χ2v) is 4.69. The fraction of sp³-hybridized carbons (Fsp3) is 0.182. The molecular formula is C11H8Cl3NO2. The van der Waals surface area contributed by atoms with Crippen LogP contribution in [0.2, 0.25) is 5.22 Å². The molecule has 0 amide bonds.